The summed E-state index contributed by atoms with van der Waals surface area (Å²) >= 11 is 0.892. The van der Waals surface area contributed by atoms with Gasteiger partial charge in [0.2, 0.25) is 0 Å². The van der Waals surface area contributed by atoms with Crippen LogP contribution in [-0.2, 0) is 4.79 Å². The number of alkyl halides is 3. The van der Waals surface area contributed by atoms with Gasteiger partial charge in [0.15, 0.2) is 5.92 Å². The lowest BCUT2D eigenvalue weighted by molar-refractivity contribution is -0.188. The highest BCUT2D eigenvalue weighted by Gasteiger charge is 2.44. The minimum absolute atomic E-state index is 0.512. The Morgan fingerprint density at radius 3 is 2.29 bits per heavy atom. The quantitative estimate of drug-likeness (QED) is 0.847. The molecule has 0 spiro atoms. The Hall–Kier alpha value is -1.17. The van der Waals surface area contributed by atoms with Gasteiger partial charge >= 0.3 is 12.1 Å². The van der Waals surface area contributed by atoms with E-state index in [0.29, 0.717) is 4.90 Å². The van der Waals surface area contributed by atoms with Crippen molar-refractivity contribution in [3.63, 3.8) is 0 Å². The van der Waals surface area contributed by atoms with E-state index in [-0.39, 0.29) is 0 Å². The van der Waals surface area contributed by atoms with E-state index < -0.39 is 23.8 Å². The summed E-state index contributed by atoms with van der Waals surface area (Å²) in [5.74, 6) is -4.67. The van der Waals surface area contributed by atoms with Gasteiger partial charge in [0, 0.05) is 10.6 Å². The van der Waals surface area contributed by atoms with Crippen molar-refractivity contribution in [1.82, 2.24) is 0 Å². The molecule has 1 atom stereocenters. The second-order valence-corrected chi connectivity index (χ2v) is 4.65. The minimum Gasteiger partial charge on any atom is -0.481 e. The van der Waals surface area contributed by atoms with Gasteiger partial charge in [0.25, 0.3) is 0 Å². The minimum atomic E-state index is -4.70. The maximum Gasteiger partial charge on any atom is 0.403 e. The smallest absolute Gasteiger partial charge is 0.403 e. The molecule has 1 N–H and O–H groups in total. The molecule has 0 aliphatic heterocycles. The molecule has 0 amide bonds. The number of thioether (sulfide) groups is 1. The topological polar surface area (TPSA) is 37.3 Å². The average Bonchev–Trinajstić information content (AvgIpc) is 2.18. The molecule has 0 saturated carbocycles. The van der Waals surface area contributed by atoms with Crippen molar-refractivity contribution >= 4 is 17.7 Å². The van der Waals surface area contributed by atoms with E-state index in [1.54, 1.807) is 24.3 Å². The molecule has 1 aromatic carbocycles. The summed E-state index contributed by atoms with van der Waals surface area (Å²) in [4.78, 5) is 11.1. The molecule has 94 valence electrons. The monoisotopic (exact) mass is 264 g/mol. The second kappa shape index (κ2) is 5.44. The second-order valence-electron chi connectivity index (χ2n) is 3.56. The highest BCUT2D eigenvalue weighted by Crippen LogP contribution is 2.31. The Morgan fingerprint density at radius 1 is 1.35 bits per heavy atom. The third-order valence-electron chi connectivity index (χ3n) is 2.13. The van der Waals surface area contributed by atoms with Crippen LogP contribution in [0.5, 0.6) is 0 Å². The fourth-order valence-electron chi connectivity index (χ4n) is 1.12. The molecule has 0 saturated heterocycles. The van der Waals surface area contributed by atoms with Crippen LogP contribution in [0, 0.1) is 12.8 Å². The van der Waals surface area contributed by atoms with E-state index in [2.05, 4.69) is 0 Å². The zero-order valence-corrected chi connectivity index (χ0v) is 9.81. The Bertz CT molecular complexity index is 387. The summed E-state index contributed by atoms with van der Waals surface area (Å²) in [5.41, 5.74) is 1.000. The molecule has 1 unspecified atom stereocenters. The molecular weight excluding hydrogens is 253 g/mol. The Balaban J connectivity index is 2.65. The molecular formula is C11H11F3O2S. The molecule has 6 heteroatoms. The van der Waals surface area contributed by atoms with Crippen LogP contribution in [0.2, 0.25) is 0 Å². The fraction of sp³-hybridized carbons (Fsp3) is 0.364. The van der Waals surface area contributed by atoms with Crippen LogP contribution in [-0.4, -0.2) is 23.0 Å². The molecule has 17 heavy (non-hydrogen) atoms. The first-order valence-corrected chi connectivity index (χ1v) is 5.78. The highest BCUT2D eigenvalue weighted by atomic mass is 32.2. The standard InChI is InChI=1S/C11H11F3O2S/c1-7-2-4-8(5-3-7)17-6-9(10(15)16)11(12,13)14/h2-5,9H,6H2,1H3,(H,15,16). The molecule has 0 radical (unpaired) electrons. The Morgan fingerprint density at radius 2 is 1.88 bits per heavy atom. The van der Waals surface area contributed by atoms with Gasteiger partial charge in [-0.2, -0.15) is 13.2 Å². The molecule has 0 fully saturated rings. The van der Waals surface area contributed by atoms with Crippen LogP contribution in [0.1, 0.15) is 5.56 Å². The Labute approximate surface area is 101 Å². The number of rotatable bonds is 4. The summed E-state index contributed by atoms with van der Waals surface area (Å²) in [7, 11) is 0. The van der Waals surface area contributed by atoms with Crippen molar-refractivity contribution in [3.8, 4) is 0 Å². The van der Waals surface area contributed by atoms with E-state index in [1.165, 1.54) is 0 Å². The van der Waals surface area contributed by atoms with Crippen molar-refractivity contribution < 1.29 is 23.1 Å². The SMILES string of the molecule is Cc1ccc(SCC(C(=O)O)C(F)(F)F)cc1. The molecule has 0 aromatic heterocycles. The average molecular weight is 264 g/mol. The molecule has 0 heterocycles. The first-order valence-electron chi connectivity index (χ1n) is 4.79. The maximum atomic E-state index is 12.3. The van der Waals surface area contributed by atoms with Gasteiger partial charge < -0.3 is 5.11 Å². The summed E-state index contributed by atoms with van der Waals surface area (Å²) in [6, 6.07) is 6.89. The lowest BCUT2D eigenvalue weighted by Crippen LogP contribution is -2.32. The number of carboxylic acids is 1. The molecule has 0 aliphatic rings. The predicted octanol–water partition coefficient (Wildman–Crippen LogP) is 3.35. The van der Waals surface area contributed by atoms with Crippen molar-refractivity contribution in [2.75, 3.05) is 5.75 Å². The third-order valence-corrected chi connectivity index (χ3v) is 3.24. The van der Waals surface area contributed by atoms with Crippen LogP contribution in [0.15, 0.2) is 29.2 Å². The number of carboxylic acid groups (broad SMARTS) is 1. The van der Waals surface area contributed by atoms with Gasteiger partial charge in [-0.05, 0) is 19.1 Å². The van der Waals surface area contributed by atoms with Crippen LogP contribution in [0.25, 0.3) is 0 Å². The fourth-order valence-corrected chi connectivity index (χ4v) is 2.14. The van der Waals surface area contributed by atoms with Crippen LogP contribution in [0.4, 0.5) is 13.2 Å². The van der Waals surface area contributed by atoms with Crippen molar-refractivity contribution in [2.45, 2.75) is 18.0 Å². The first kappa shape index (κ1) is 13.9. The summed E-state index contributed by atoms with van der Waals surface area (Å²) in [6.07, 6.45) is -4.70. The van der Waals surface area contributed by atoms with Gasteiger partial charge in [-0.15, -0.1) is 11.8 Å². The normalized spacial score (nSPS) is 13.4. The molecule has 2 nitrogen and oxygen atoms in total. The molecule has 1 aromatic rings. The van der Waals surface area contributed by atoms with E-state index in [4.69, 9.17) is 5.11 Å². The number of carbonyl (C=O) groups is 1. The molecule has 1 rings (SSSR count). The maximum absolute atomic E-state index is 12.3. The van der Waals surface area contributed by atoms with Crippen molar-refractivity contribution in [1.29, 1.82) is 0 Å². The van der Waals surface area contributed by atoms with E-state index in [9.17, 15) is 18.0 Å². The highest BCUT2D eigenvalue weighted by molar-refractivity contribution is 7.99. The lowest BCUT2D eigenvalue weighted by Gasteiger charge is -2.15. The number of aliphatic carboxylic acids is 1. The molecule has 0 bridgehead atoms. The van der Waals surface area contributed by atoms with Gasteiger partial charge in [-0.3, -0.25) is 4.79 Å². The Kier molecular flexibility index (Phi) is 4.45. The van der Waals surface area contributed by atoms with Crippen LogP contribution >= 0.6 is 11.8 Å². The van der Waals surface area contributed by atoms with Gasteiger partial charge in [0.05, 0.1) is 0 Å². The van der Waals surface area contributed by atoms with Gasteiger partial charge in [-0.25, -0.2) is 0 Å². The summed E-state index contributed by atoms with van der Waals surface area (Å²) in [5, 5.41) is 8.50. The number of halogens is 3. The first-order chi connectivity index (χ1) is 7.80. The largest absolute Gasteiger partial charge is 0.481 e. The van der Waals surface area contributed by atoms with E-state index in [1.807, 2.05) is 6.92 Å². The van der Waals surface area contributed by atoms with E-state index >= 15 is 0 Å². The van der Waals surface area contributed by atoms with Crippen molar-refractivity contribution in [2.24, 2.45) is 5.92 Å². The number of aryl methyl sites for hydroxylation is 1. The molecule has 0 aliphatic carbocycles. The van der Waals surface area contributed by atoms with Gasteiger partial charge in [-0.1, -0.05) is 17.7 Å². The number of hydrogen-bond acceptors (Lipinski definition) is 2. The third kappa shape index (κ3) is 4.30. The summed E-state index contributed by atoms with van der Waals surface area (Å²) < 4.78 is 37.0. The van der Waals surface area contributed by atoms with Crippen molar-refractivity contribution in [3.05, 3.63) is 29.8 Å². The van der Waals surface area contributed by atoms with Crippen LogP contribution in [0.3, 0.4) is 0 Å². The lowest BCUT2D eigenvalue weighted by atomic mass is 10.2. The van der Waals surface area contributed by atoms with Crippen LogP contribution < -0.4 is 0 Å². The number of benzene rings is 1. The summed E-state index contributed by atoms with van der Waals surface area (Å²) in [6.45, 7) is 1.87. The van der Waals surface area contributed by atoms with E-state index in [0.717, 1.165) is 17.3 Å². The predicted molar refractivity (Wildman–Crippen MR) is 59.1 cm³/mol. The number of hydrogen-bond donors (Lipinski definition) is 1. The van der Waals surface area contributed by atoms with Gasteiger partial charge in [0.1, 0.15) is 0 Å². The zero-order valence-electron chi connectivity index (χ0n) is 8.99. The zero-order chi connectivity index (χ0) is 13.1.